The molecule has 2 aliphatic heterocycles. The first-order valence-electron chi connectivity index (χ1n) is 15.5. The van der Waals surface area contributed by atoms with Crippen molar-refractivity contribution in [1.82, 2.24) is 15.3 Å². The molecule has 1 saturated heterocycles. The van der Waals surface area contributed by atoms with E-state index in [-0.39, 0.29) is 47.5 Å². The largest absolute Gasteiger partial charge is 0.474 e. The van der Waals surface area contributed by atoms with Gasteiger partial charge in [-0.1, -0.05) is 0 Å². The van der Waals surface area contributed by atoms with Gasteiger partial charge in [-0.05, 0) is 71.5 Å². The molecule has 0 bridgehead atoms. The molecule has 3 atom stereocenters. The molecule has 3 aliphatic rings. The van der Waals surface area contributed by atoms with Crippen molar-refractivity contribution in [3.05, 3.63) is 35.9 Å². The van der Waals surface area contributed by atoms with Crippen molar-refractivity contribution in [1.29, 1.82) is 0 Å². The van der Waals surface area contributed by atoms with Crippen molar-refractivity contribution in [2.45, 2.75) is 65.7 Å². The quantitative estimate of drug-likeness (QED) is 0.309. The van der Waals surface area contributed by atoms with Gasteiger partial charge in [0.25, 0.3) is 0 Å². The topological polar surface area (TPSA) is 153 Å². The van der Waals surface area contributed by atoms with Crippen LogP contribution in [-0.2, 0) is 14.2 Å². The maximum Gasteiger partial charge on any atom is 0.415 e. The monoisotopic (exact) mass is 650 g/mol. The van der Waals surface area contributed by atoms with Crippen LogP contribution in [-0.4, -0.2) is 71.8 Å². The molecular weight excluding hydrogens is 611 g/mol. The van der Waals surface area contributed by atoms with E-state index in [9.17, 15) is 14.4 Å². The van der Waals surface area contributed by atoms with Crippen LogP contribution in [0.2, 0.25) is 0 Å². The van der Waals surface area contributed by atoms with E-state index in [0.29, 0.717) is 47.3 Å². The van der Waals surface area contributed by atoms with Crippen LogP contribution < -0.4 is 25.6 Å². The van der Waals surface area contributed by atoms with Crippen LogP contribution in [0.1, 0.15) is 47.1 Å². The first-order valence-corrected chi connectivity index (χ1v) is 15.5. The Morgan fingerprint density at radius 3 is 2.34 bits per heavy atom. The van der Waals surface area contributed by atoms with Gasteiger partial charge < -0.3 is 24.3 Å². The molecule has 2 aromatic heterocycles. The minimum atomic E-state index is -0.861. The SMILES string of the molecule is Cc1c(-c2cc3cc(NC(=O)N[C@H]4[C@@H]5COC[C@@H]54)ncc3c(NC(=O)OC(C)(C)C)c2F)cnc2c1N(C(=O)OC(C)(C)C)CCO2. The number of carbonyl (C=O) groups is 3. The number of carbonyl (C=O) groups excluding carboxylic acids is 3. The van der Waals surface area contributed by atoms with Crippen molar-refractivity contribution in [2.24, 2.45) is 11.8 Å². The molecule has 3 N–H and O–H groups in total. The summed E-state index contributed by atoms with van der Waals surface area (Å²) in [5, 5.41) is 9.01. The number of halogens is 1. The van der Waals surface area contributed by atoms with Gasteiger partial charge in [-0.2, -0.15) is 0 Å². The minimum Gasteiger partial charge on any atom is -0.474 e. The number of aromatic nitrogens is 2. The summed E-state index contributed by atoms with van der Waals surface area (Å²) in [7, 11) is 0. The van der Waals surface area contributed by atoms with E-state index in [2.05, 4.69) is 25.9 Å². The van der Waals surface area contributed by atoms with E-state index in [1.165, 1.54) is 17.3 Å². The van der Waals surface area contributed by atoms with Gasteiger partial charge in [-0.3, -0.25) is 15.5 Å². The summed E-state index contributed by atoms with van der Waals surface area (Å²) in [5.74, 6) is 0.314. The van der Waals surface area contributed by atoms with Gasteiger partial charge in [0.2, 0.25) is 5.88 Å². The van der Waals surface area contributed by atoms with Crippen LogP contribution in [0, 0.1) is 24.6 Å². The zero-order chi connectivity index (χ0) is 33.8. The smallest absolute Gasteiger partial charge is 0.415 e. The minimum absolute atomic E-state index is 0.0539. The molecule has 14 heteroatoms. The lowest BCUT2D eigenvalue weighted by molar-refractivity contribution is 0.0564. The van der Waals surface area contributed by atoms with Crippen LogP contribution in [0.4, 0.5) is 36.0 Å². The van der Waals surface area contributed by atoms with Crippen LogP contribution in [0.3, 0.4) is 0 Å². The molecular formula is C33H39FN6O7. The third-order valence-corrected chi connectivity index (χ3v) is 8.08. The number of hydrogen-bond donors (Lipinski definition) is 3. The number of benzene rings is 1. The summed E-state index contributed by atoms with van der Waals surface area (Å²) in [6.07, 6.45) is 1.39. The highest BCUT2D eigenvalue weighted by Crippen LogP contribution is 2.45. The Kier molecular flexibility index (Phi) is 8.10. The van der Waals surface area contributed by atoms with E-state index in [1.807, 2.05) is 0 Å². The molecule has 0 radical (unpaired) electrons. The van der Waals surface area contributed by atoms with Gasteiger partial charge in [-0.25, -0.2) is 28.7 Å². The molecule has 4 amide bonds. The molecule has 0 spiro atoms. The third-order valence-electron chi connectivity index (χ3n) is 8.08. The number of pyridine rings is 2. The summed E-state index contributed by atoms with van der Waals surface area (Å²) >= 11 is 0. The van der Waals surface area contributed by atoms with Gasteiger partial charge in [-0.15, -0.1) is 0 Å². The van der Waals surface area contributed by atoms with Crippen LogP contribution >= 0.6 is 0 Å². The summed E-state index contributed by atoms with van der Waals surface area (Å²) in [6, 6.07) is 2.81. The molecule has 1 aromatic carbocycles. The fourth-order valence-electron chi connectivity index (χ4n) is 5.93. The Hall–Kier alpha value is -4.72. The summed E-state index contributed by atoms with van der Waals surface area (Å²) < 4.78 is 38.8. The second-order valence-corrected chi connectivity index (χ2v) is 14.0. The Labute approximate surface area is 271 Å². The van der Waals surface area contributed by atoms with Gasteiger partial charge in [0.1, 0.15) is 29.3 Å². The van der Waals surface area contributed by atoms with E-state index in [0.717, 1.165) is 0 Å². The number of amides is 4. The highest BCUT2D eigenvalue weighted by atomic mass is 19.1. The Morgan fingerprint density at radius 2 is 1.66 bits per heavy atom. The predicted molar refractivity (Wildman–Crippen MR) is 172 cm³/mol. The highest BCUT2D eigenvalue weighted by molar-refractivity contribution is 6.05. The number of ether oxygens (including phenoxy) is 4. The number of nitrogens with one attached hydrogen (secondary N) is 3. The van der Waals surface area contributed by atoms with Crippen molar-refractivity contribution < 1.29 is 37.7 Å². The lowest BCUT2D eigenvalue weighted by Crippen LogP contribution is -2.42. The lowest BCUT2D eigenvalue weighted by Gasteiger charge is -2.32. The average Bonchev–Trinajstić information content (AvgIpc) is 3.36. The number of nitrogens with zero attached hydrogens (tertiary/aromatic N) is 3. The number of fused-ring (bicyclic) bond motifs is 3. The first kappa shape index (κ1) is 32.2. The average molecular weight is 651 g/mol. The molecule has 47 heavy (non-hydrogen) atoms. The van der Waals surface area contributed by atoms with E-state index in [4.69, 9.17) is 18.9 Å². The van der Waals surface area contributed by atoms with Crippen molar-refractivity contribution >= 4 is 46.2 Å². The lowest BCUT2D eigenvalue weighted by atomic mass is 9.96. The molecule has 250 valence electrons. The Morgan fingerprint density at radius 1 is 0.957 bits per heavy atom. The molecule has 1 saturated carbocycles. The zero-order valence-corrected chi connectivity index (χ0v) is 27.4. The molecule has 1 aliphatic carbocycles. The summed E-state index contributed by atoms with van der Waals surface area (Å²) in [5.41, 5.74) is -0.463. The van der Waals surface area contributed by atoms with Crippen molar-refractivity contribution in [2.75, 3.05) is 41.9 Å². The number of anilines is 3. The molecule has 4 heterocycles. The highest BCUT2D eigenvalue weighted by Gasteiger charge is 2.54. The Bertz CT molecular complexity index is 1760. The van der Waals surface area contributed by atoms with Crippen LogP contribution in [0.25, 0.3) is 21.9 Å². The predicted octanol–water partition coefficient (Wildman–Crippen LogP) is 5.99. The fraction of sp³-hybridized carbons (Fsp3) is 0.485. The molecule has 3 aromatic rings. The standard InChI is InChI=1S/C33H39FN6O7/c1-16-19(12-36-28-27(16)40(8-9-45-28)31(43)47-33(5,6)7)18-10-17-11-23(37-29(41)38-25-21-14-44-15-22(21)25)35-13-20(17)26(24(18)34)39-30(42)46-32(2,3)4/h10-13,21-22,25H,8-9,14-15H2,1-7H3,(H,39,42)(H2,35,37,38,41)/t21-,22+,25+. The first-order chi connectivity index (χ1) is 22.1. The second-order valence-electron chi connectivity index (χ2n) is 14.0. The van der Waals surface area contributed by atoms with Gasteiger partial charge in [0, 0.05) is 46.8 Å². The molecule has 2 fully saturated rings. The number of hydrogen-bond acceptors (Lipinski definition) is 9. The summed E-state index contributed by atoms with van der Waals surface area (Å²) in [6.45, 7) is 13.8. The van der Waals surface area contributed by atoms with Gasteiger partial charge in [0.15, 0.2) is 5.82 Å². The Balaban J connectivity index is 1.40. The maximum absolute atomic E-state index is 16.6. The fourth-order valence-corrected chi connectivity index (χ4v) is 5.93. The van der Waals surface area contributed by atoms with Crippen LogP contribution in [0.5, 0.6) is 5.88 Å². The normalized spacial score (nSPS) is 20.1. The van der Waals surface area contributed by atoms with E-state index < -0.39 is 35.2 Å². The number of rotatable bonds is 4. The third kappa shape index (κ3) is 6.73. The van der Waals surface area contributed by atoms with E-state index in [1.54, 1.807) is 60.6 Å². The van der Waals surface area contributed by atoms with E-state index >= 15 is 4.39 Å². The second kappa shape index (κ2) is 11.8. The van der Waals surface area contributed by atoms with Crippen molar-refractivity contribution in [3.8, 4) is 17.0 Å². The molecule has 13 nitrogen and oxygen atoms in total. The van der Waals surface area contributed by atoms with Gasteiger partial charge in [0.05, 0.1) is 25.4 Å². The number of urea groups is 1. The van der Waals surface area contributed by atoms with Crippen LogP contribution in [0.15, 0.2) is 24.5 Å². The van der Waals surface area contributed by atoms with Crippen molar-refractivity contribution in [3.63, 3.8) is 0 Å². The van der Waals surface area contributed by atoms with Gasteiger partial charge >= 0.3 is 18.2 Å². The molecule has 6 rings (SSSR count). The molecule has 0 unspecified atom stereocenters. The maximum atomic E-state index is 16.6. The zero-order valence-electron chi connectivity index (χ0n) is 27.4. The summed E-state index contributed by atoms with van der Waals surface area (Å²) in [4.78, 5) is 49.0.